The molecule has 21 heavy (non-hydrogen) atoms. The first-order chi connectivity index (χ1) is 10.1. The molecule has 3 amide bonds. The van der Waals surface area contributed by atoms with Crippen molar-refractivity contribution < 1.29 is 14.3 Å². The molecule has 1 N–H and O–H groups in total. The number of hydrogen-bond acceptors (Lipinski definition) is 6. The van der Waals surface area contributed by atoms with Crippen molar-refractivity contribution >= 4 is 30.4 Å². The topological polar surface area (TPSA) is 84.4 Å². The summed E-state index contributed by atoms with van der Waals surface area (Å²) in [4.78, 5) is 31.7. The summed E-state index contributed by atoms with van der Waals surface area (Å²) in [5.74, 6) is -0.362. The van der Waals surface area contributed by atoms with Gasteiger partial charge in [-0.1, -0.05) is 31.0 Å². The van der Waals surface area contributed by atoms with Gasteiger partial charge < -0.3 is 10.1 Å². The lowest BCUT2D eigenvalue weighted by Crippen LogP contribution is -2.32. The number of amides is 3. The van der Waals surface area contributed by atoms with Crippen LogP contribution in [0.25, 0.3) is 0 Å². The number of anilines is 1. The van der Waals surface area contributed by atoms with E-state index in [0.717, 1.165) is 0 Å². The van der Waals surface area contributed by atoms with E-state index in [9.17, 15) is 9.59 Å². The van der Waals surface area contributed by atoms with Crippen LogP contribution in [-0.4, -0.2) is 33.3 Å². The molecule has 0 fully saturated rings. The summed E-state index contributed by atoms with van der Waals surface area (Å²) in [6.07, 6.45) is 2.64. The molecule has 0 saturated heterocycles. The van der Waals surface area contributed by atoms with Gasteiger partial charge in [-0.25, -0.2) is 14.1 Å². The number of methoxy groups -OCH3 is 1. The minimum atomic E-state index is -0.736. The summed E-state index contributed by atoms with van der Waals surface area (Å²) in [5.41, 5.74) is 0.587. The van der Waals surface area contributed by atoms with Crippen molar-refractivity contribution in [3.8, 4) is 5.88 Å². The van der Waals surface area contributed by atoms with Gasteiger partial charge in [0.15, 0.2) is 0 Å². The third-order valence-corrected chi connectivity index (χ3v) is 2.88. The number of imide groups is 1. The van der Waals surface area contributed by atoms with Crippen LogP contribution in [0.3, 0.4) is 0 Å². The monoisotopic (exact) mass is 304 g/mol. The van der Waals surface area contributed by atoms with Gasteiger partial charge in [0.25, 0.3) is 5.91 Å². The van der Waals surface area contributed by atoms with Crippen molar-refractivity contribution in [1.82, 2.24) is 14.3 Å². The Labute approximate surface area is 126 Å². The van der Waals surface area contributed by atoms with E-state index >= 15 is 0 Å². The third-order valence-electron chi connectivity index (χ3n) is 2.52. The van der Waals surface area contributed by atoms with Crippen LogP contribution in [0.1, 0.15) is 10.4 Å². The van der Waals surface area contributed by atoms with E-state index in [1.54, 1.807) is 30.3 Å². The molecule has 0 aliphatic rings. The van der Waals surface area contributed by atoms with Crippen molar-refractivity contribution in [1.29, 1.82) is 0 Å². The molecule has 0 atom stereocenters. The van der Waals surface area contributed by atoms with E-state index in [1.807, 2.05) is 0 Å². The average Bonchev–Trinajstić information content (AvgIpc) is 2.54. The lowest BCUT2D eigenvalue weighted by Gasteiger charge is -2.15. The fourth-order valence-electron chi connectivity index (χ4n) is 1.53. The van der Waals surface area contributed by atoms with Crippen molar-refractivity contribution in [2.45, 2.75) is 0 Å². The van der Waals surface area contributed by atoms with Crippen LogP contribution >= 0.6 is 12.8 Å². The second-order valence-electron chi connectivity index (χ2n) is 3.86. The molecule has 0 spiro atoms. The number of nitrogens with zero attached hydrogens (tertiary/aromatic N) is 3. The largest absolute Gasteiger partial charge is 0.479 e. The molecule has 7 nitrogen and oxygen atoms in total. The Hall–Kier alpha value is -2.61. The predicted molar refractivity (Wildman–Crippen MR) is 79.2 cm³/mol. The van der Waals surface area contributed by atoms with Crippen LogP contribution in [-0.2, 0) is 0 Å². The number of thiol groups is 1. The first kappa shape index (κ1) is 14.8. The van der Waals surface area contributed by atoms with Crippen LogP contribution in [0.5, 0.6) is 5.88 Å². The summed E-state index contributed by atoms with van der Waals surface area (Å²) in [5, 5.41) is 2.45. The second-order valence-corrected chi connectivity index (χ2v) is 4.26. The summed E-state index contributed by atoms with van der Waals surface area (Å²) >= 11 is 3.92. The lowest BCUT2D eigenvalue weighted by atomic mass is 10.2. The Morgan fingerprint density at radius 3 is 2.67 bits per heavy atom. The van der Waals surface area contributed by atoms with Crippen LogP contribution in [0.15, 0.2) is 42.9 Å². The van der Waals surface area contributed by atoms with Crippen molar-refractivity contribution in [3.63, 3.8) is 0 Å². The van der Waals surface area contributed by atoms with Crippen LogP contribution in [0.4, 0.5) is 10.5 Å². The Morgan fingerprint density at radius 2 is 2.00 bits per heavy atom. The van der Waals surface area contributed by atoms with Gasteiger partial charge >= 0.3 is 6.03 Å². The van der Waals surface area contributed by atoms with Gasteiger partial charge in [0.05, 0.1) is 13.3 Å². The number of carbonyl (C=O) groups excluding carboxylic acids is 2. The lowest BCUT2D eigenvalue weighted by molar-refractivity contribution is 0.0901. The Bertz CT molecular complexity index is 651. The minimum absolute atomic E-state index is 0.187. The zero-order valence-corrected chi connectivity index (χ0v) is 11.9. The number of urea groups is 1. The number of ether oxygens (including phenoxy) is 1. The molecule has 0 aliphatic heterocycles. The smallest absolute Gasteiger partial charge is 0.339 e. The van der Waals surface area contributed by atoms with E-state index in [2.05, 4.69) is 28.1 Å². The average molecular weight is 304 g/mol. The molecule has 1 aromatic heterocycles. The standard InChI is InChI=1S/C13H12N4O3S/c1-20-11-10(7-14-8-15-11)16-13(19)17(21)12(18)9-5-3-2-4-6-9/h2-8,21H,1H3,(H,16,19). The maximum atomic E-state index is 12.1. The highest BCUT2D eigenvalue weighted by Crippen LogP contribution is 2.19. The predicted octanol–water partition coefficient (Wildman–Crippen LogP) is 2.00. The number of nitrogens with one attached hydrogen (secondary N) is 1. The SMILES string of the molecule is COc1ncncc1NC(=O)N(S)C(=O)c1ccccc1. The highest BCUT2D eigenvalue weighted by Gasteiger charge is 2.21. The fourth-order valence-corrected chi connectivity index (χ4v) is 1.70. The van der Waals surface area contributed by atoms with Crippen molar-refractivity contribution in [2.75, 3.05) is 12.4 Å². The molecule has 0 bridgehead atoms. The summed E-state index contributed by atoms with van der Waals surface area (Å²) in [7, 11) is 1.41. The zero-order chi connectivity index (χ0) is 15.2. The second kappa shape index (κ2) is 6.71. The number of hydrogen-bond donors (Lipinski definition) is 2. The fraction of sp³-hybridized carbons (Fsp3) is 0.0769. The maximum Gasteiger partial charge on any atom is 0.339 e. The molecular formula is C13H12N4O3S. The van der Waals surface area contributed by atoms with Gasteiger partial charge in [0, 0.05) is 5.56 Å². The maximum absolute atomic E-state index is 12.1. The molecule has 108 valence electrons. The van der Waals surface area contributed by atoms with E-state index in [4.69, 9.17) is 4.74 Å². The van der Waals surface area contributed by atoms with E-state index in [1.165, 1.54) is 19.6 Å². The van der Waals surface area contributed by atoms with E-state index in [-0.39, 0.29) is 11.6 Å². The van der Waals surface area contributed by atoms with Crippen LogP contribution in [0, 0.1) is 0 Å². The van der Waals surface area contributed by atoms with Gasteiger partial charge in [-0.15, -0.1) is 0 Å². The summed E-state index contributed by atoms with van der Waals surface area (Å²) in [6, 6.07) is 7.60. The molecule has 2 aromatic rings. The molecule has 0 radical (unpaired) electrons. The van der Waals surface area contributed by atoms with Gasteiger partial charge in [-0.2, -0.15) is 4.98 Å². The van der Waals surface area contributed by atoms with E-state index in [0.29, 0.717) is 9.87 Å². The molecular weight excluding hydrogens is 292 g/mol. The Kier molecular flexibility index (Phi) is 4.72. The number of aromatic nitrogens is 2. The number of rotatable bonds is 3. The number of carbonyl (C=O) groups is 2. The molecule has 8 heteroatoms. The quantitative estimate of drug-likeness (QED) is 0.847. The molecule has 0 saturated carbocycles. The van der Waals surface area contributed by atoms with Crippen LogP contribution < -0.4 is 10.1 Å². The van der Waals surface area contributed by atoms with Crippen LogP contribution in [0.2, 0.25) is 0 Å². The van der Waals surface area contributed by atoms with Crippen molar-refractivity contribution in [3.05, 3.63) is 48.4 Å². The van der Waals surface area contributed by atoms with Gasteiger partial charge in [0.1, 0.15) is 12.0 Å². The van der Waals surface area contributed by atoms with E-state index < -0.39 is 11.9 Å². The van der Waals surface area contributed by atoms with Gasteiger partial charge in [-0.3, -0.25) is 4.79 Å². The molecule has 0 aliphatic carbocycles. The molecule has 1 heterocycles. The minimum Gasteiger partial charge on any atom is -0.479 e. The Balaban J connectivity index is 2.11. The third kappa shape index (κ3) is 3.48. The van der Waals surface area contributed by atoms with Gasteiger partial charge in [0.2, 0.25) is 5.88 Å². The first-order valence-electron chi connectivity index (χ1n) is 5.87. The molecule has 1 aromatic carbocycles. The normalized spacial score (nSPS) is 9.81. The van der Waals surface area contributed by atoms with Gasteiger partial charge in [-0.05, 0) is 12.1 Å². The molecule has 0 unspecified atom stereocenters. The highest BCUT2D eigenvalue weighted by atomic mass is 32.1. The zero-order valence-electron chi connectivity index (χ0n) is 11.1. The number of benzene rings is 1. The molecule has 2 rings (SSSR count). The highest BCUT2D eigenvalue weighted by molar-refractivity contribution is 7.79. The summed E-state index contributed by atoms with van der Waals surface area (Å²) < 4.78 is 5.65. The van der Waals surface area contributed by atoms with Crippen molar-refractivity contribution in [2.24, 2.45) is 0 Å². The Morgan fingerprint density at radius 1 is 1.29 bits per heavy atom. The first-order valence-corrected chi connectivity index (χ1v) is 6.27. The summed E-state index contributed by atoms with van der Waals surface area (Å²) in [6.45, 7) is 0.